The quantitative estimate of drug-likeness (QED) is 0.361. The maximum absolute atomic E-state index is 13.7. The van der Waals surface area contributed by atoms with Crippen LogP contribution in [-0.2, 0) is 11.3 Å². The molecule has 38 heavy (non-hydrogen) atoms. The lowest BCUT2D eigenvalue weighted by atomic mass is 10.1. The van der Waals surface area contributed by atoms with E-state index in [1.165, 1.54) is 19.1 Å². The van der Waals surface area contributed by atoms with Crippen molar-refractivity contribution in [1.82, 2.24) is 14.5 Å². The number of rotatable bonds is 9. The molecule has 3 heterocycles. The number of nitrogens with one attached hydrogen (secondary N) is 2. The van der Waals surface area contributed by atoms with E-state index in [0.29, 0.717) is 54.9 Å². The Morgan fingerprint density at radius 3 is 2.63 bits per heavy atom. The van der Waals surface area contributed by atoms with E-state index in [1.807, 2.05) is 22.8 Å². The van der Waals surface area contributed by atoms with Crippen molar-refractivity contribution < 1.29 is 29.0 Å². The van der Waals surface area contributed by atoms with Crippen LogP contribution in [0.25, 0.3) is 11.0 Å². The van der Waals surface area contributed by atoms with E-state index in [0.717, 1.165) is 30.3 Å². The third-order valence-electron chi connectivity index (χ3n) is 7.14. The summed E-state index contributed by atoms with van der Waals surface area (Å²) in [7, 11) is 2.77. The van der Waals surface area contributed by atoms with Gasteiger partial charge in [0.25, 0.3) is 5.91 Å². The minimum Gasteiger partial charge on any atom is -0.494 e. The van der Waals surface area contributed by atoms with Crippen molar-refractivity contribution in [1.29, 1.82) is 0 Å². The number of nitrogens with zero attached hydrogens (tertiary/aromatic N) is 3. The first kappa shape index (κ1) is 25.4. The van der Waals surface area contributed by atoms with Crippen LogP contribution in [0.2, 0.25) is 0 Å². The summed E-state index contributed by atoms with van der Waals surface area (Å²) in [4.78, 5) is 43.3. The number of carbonyl (C=O) groups is 3. The van der Waals surface area contributed by atoms with Crippen molar-refractivity contribution in [2.24, 2.45) is 11.8 Å². The Hall–Kier alpha value is -4.28. The summed E-state index contributed by atoms with van der Waals surface area (Å²) in [5.41, 5.74) is 2.33. The minimum atomic E-state index is -0.934. The molecule has 2 amide bonds. The Labute approximate surface area is 219 Å². The molecule has 11 heteroatoms. The number of likely N-dealkylation sites (tertiary alicyclic amines) is 1. The zero-order chi connectivity index (χ0) is 26.8. The number of esters is 1. The van der Waals surface area contributed by atoms with Crippen LogP contribution in [0.3, 0.4) is 0 Å². The summed E-state index contributed by atoms with van der Waals surface area (Å²) in [5.74, 6) is 0.0677. The molecule has 200 valence electrons. The van der Waals surface area contributed by atoms with Crippen LogP contribution in [0.1, 0.15) is 40.1 Å². The normalized spacial score (nSPS) is 16.9. The first-order chi connectivity index (χ1) is 18.4. The molecule has 0 bridgehead atoms. The van der Waals surface area contributed by atoms with Crippen LogP contribution < -0.4 is 15.4 Å². The van der Waals surface area contributed by atoms with Crippen LogP contribution in [0.5, 0.6) is 5.75 Å². The molecule has 0 unspecified atom stereocenters. The fraction of sp³-hybridized carbons (Fsp3) is 0.407. The van der Waals surface area contributed by atoms with Crippen molar-refractivity contribution in [3.8, 4) is 5.75 Å². The van der Waals surface area contributed by atoms with Crippen LogP contribution in [-0.4, -0.2) is 71.4 Å². The molecule has 0 spiro atoms. The molecule has 1 aromatic carbocycles. The smallest absolute Gasteiger partial charge is 0.407 e. The van der Waals surface area contributed by atoms with Crippen LogP contribution in [0.4, 0.5) is 16.2 Å². The van der Waals surface area contributed by atoms with E-state index in [-0.39, 0.29) is 17.4 Å². The zero-order valence-corrected chi connectivity index (χ0v) is 21.4. The molecule has 2 fully saturated rings. The SMILES string of the molecule is COC(=O)c1cc(NC(=O)c2cc3cccnc3n2CC2CC2)c(NC[C@H]2CCN(C(=O)O)C2)c(OC)c1. The van der Waals surface area contributed by atoms with Gasteiger partial charge < -0.3 is 34.7 Å². The Kier molecular flexibility index (Phi) is 7.08. The Morgan fingerprint density at radius 2 is 1.95 bits per heavy atom. The second kappa shape index (κ2) is 10.6. The fourth-order valence-electron chi connectivity index (χ4n) is 4.92. The summed E-state index contributed by atoms with van der Waals surface area (Å²) in [6.07, 6.45) is 3.75. The van der Waals surface area contributed by atoms with Gasteiger partial charge in [-0.05, 0) is 61.4 Å². The lowest BCUT2D eigenvalue weighted by molar-refractivity contribution is 0.0600. The van der Waals surface area contributed by atoms with Gasteiger partial charge in [-0.2, -0.15) is 0 Å². The number of fused-ring (bicyclic) bond motifs is 1. The van der Waals surface area contributed by atoms with Crippen LogP contribution >= 0.6 is 0 Å². The predicted molar refractivity (Wildman–Crippen MR) is 141 cm³/mol. The first-order valence-corrected chi connectivity index (χ1v) is 12.7. The Bertz CT molecular complexity index is 1380. The Balaban J connectivity index is 1.46. The summed E-state index contributed by atoms with van der Waals surface area (Å²) in [6, 6.07) is 8.70. The van der Waals surface area contributed by atoms with Gasteiger partial charge in [-0.1, -0.05) is 0 Å². The molecule has 11 nitrogen and oxygen atoms in total. The molecule has 2 aromatic heterocycles. The summed E-state index contributed by atoms with van der Waals surface area (Å²) in [6.45, 7) is 2.07. The Morgan fingerprint density at radius 1 is 1.13 bits per heavy atom. The number of amides is 2. The second-order valence-electron chi connectivity index (χ2n) is 9.81. The number of aromatic nitrogens is 2. The molecule has 1 aliphatic carbocycles. The fourth-order valence-corrected chi connectivity index (χ4v) is 4.92. The average molecular weight is 522 g/mol. The van der Waals surface area contributed by atoms with E-state index < -0.39 is 12.1 Å². The first-order valence-electron chi connectivity index (χ1n) is 12.7. The van der Waals surface area contributed by atoms with Gasteiger partial charge in [0.05, 0.1) is 25.5 Å². The lowest BCUT2D eigenvalue weighted by Gasteiger charge is -2.20. The molecule has 0 radical (unpaired) electrons. The number of methoxy groups -OCH3 is 2. The van der Waals surface area contributed by atoms with Gasteiger partial charge in [-0.15, -0.1) is 0 Å². The molecule has 1 saturated carbocycles. The molecule has 3 N–H and O–H groups in total. The van der Waals surface area contributed by atoms with Gasteiger partial charge in [0, 0.05) is 37.8 Å². The third kappa shape index (κ3) is 5.22. The molecule has 5 rings (SSSR count). The number of anilines is 2. The van der Waals surface area contributed by atoms with Gasteiger partial charge in [0.1, 0.15) is 22.8 Å². The largest absolute Gasteiger partial charge is 0.494 e. The highest BCUT2D eigenvalue weighted by molar-refractivity contribution is 6.08. The van der Waals surface area contributed by atoms with Crippen molar-refractivity contribution in [2.45, 2.75) is 25.8 Å². The van der Waals surface area contributed by atoms with Crippen molar-refractivity contribution >= 4 is 40.4 Å². The van der Waals surface area contributed by atoms with Crippen LogP contribution in [0, 0.1) is 11.8 Å². The number of hydrogen-bond acceptors (Lipinski definition) is 7. The van der Waals surface area contributed by atoms with Gasteiger partial charge in [-0.3, -0.25) is 4.79 Å². The predicted octanol–water partition coefficient (Wildman–Crippen LogP) is 3.91. The number of ether oxygens (including phenoxy) is 2. The van der Waals surface area contributed by atoms with Gasteiger partial charge in [0.15, 0.2) is 0 Å². The van der Waals surface area contributed by atoms with Crippen LogP contribution in [0.15, 0.2) is 36.5 Å². The molecule has 1 saturated heterocycles. The van der Waals surface area contributed by atoms with Crippen molar-refractivity contribution in [3.05, 3.63) is 47.8 Å². The molecule has 1 aliphatic heterocycles. The minimum absolute atomic E-state index is 0.0896. The summed E-state index contributed by atoms with van der Waals surface area (Å²) in [5, 5.41) is 16.5. The van der Waals surface area contributed by atoms with Gasteiger partial charge in [-0.25, -0.2) is 14.6 Å². The highest BCUT2D eigenvalue weighted by Crippen LogP contribution is 2.37. The zero-order valence-electron chi connectivity index (χ0n) is 21.4. The highest BCUT2D eigenvalue weighted by atomic mass is 16.5. The number of hydrogen-bond donors (Lipinski definition) is 3. The van der Waals surface area contributed by atoms with Crippen molar-refractivity contribution in [3.63, 3.8) is 0 Å². The maximum Gasteiger partial charge on any atom is 0.407 e. The highest BCUT2D eigenvalue weighted by Gasteiger charge is 2.28. The van der Waals surface area contributed by atoms with Gasteiger partial charge in [0.2, 0.25) is 0 Å². The molecular formula is C27H31N5O6. The van der Waals surface area contributed by atoms with Crippen molar-refractivity contribution in [2.75, 3.05) is 44.5 Å². The number of pyridine rings is 1. The number of benzene rings is 1. The van der Waals surface area contributed by atoms with E-state index in [1.54, 1.807) is 18.3 Å². The topological polar surface area (TPSA) is 135 Å². The number of carbonyl (C=O) groups excluding carboxylic acids is 2. The van der Waals surface area contributed by atoms with E-state index >= 15 is 0 Å². The molecule has 2 aliphatic rings. The van der Waals surface area contributed by atoms with Gasteiger partial charge >= 0.3 is 12.1 Å². The maximum atomic E-state index is 13.7. The molecular weight excluding hydrogens is 490 g/mol. The summed E-state index contributed by atoms with van der Waals surface area (Å²) >= 11 is 0. The summed E-state index contributed by atoms with van der Waals surface area (Å²) < 4.78 is 12.4. The van der Waals surface area contributed by atoms with E-state index in [4.69, 9.17) is 9.47 Å². The average Bonchev–Trinajstić information content (AvgIpc) is 3.48. The third-order valence-corrected chi connectivity index (χ3v) is 7.14. The van der Waals surface area contributed by atoms with E-state index in [2.05, 4.69) is 15.6 Å². The standard InChI is InChI=1S/C27H31N5O6/c1-37-22-12-19(26(34)38-2)10-20(23(22)29-13-17-7-9-31(14-17)27(35)36)30-25(33)21-11-18-4-3-8-28-24(18)32(21)15-16-5-6-16/h3-4,8,10-12,16-17,29H,5-7,9,13-15H2,1-2H3,(H,30,33)(H,35,36)/t17-/m1/s1. The lowest BCUT2D eigenvalue weighted by Crippen LogP contribution is -2.28. The van der Waals surface area contributed by atoms with E-state index in [9.17, 15) is 19.5 Å². The monoisotopic (exact) mass is 521 g/mol. The molecule has 3 aromatic rings. The molecule has 1 atom stereocenters. The number of carboxylic acid groups (broad SMARTS) is 1. The second-order valence-corrected chi connectivity index (χ2v) is 9.81.